The molecule has 0 aromatic heterocycles. The normalized spacial score (nSPS) is 14.1. The minimum atomic E-state index is -1.72. The fourth-order valence-electron chi connectivity index (χ4n) is 3.21. The summed E-state index contributed by atoms with van der Waals surface area (Å²) in [6, 6.07) is 0.395. The van der Waals surface area contributed by atoms with Crippen LogP contribution in [-0.4, -0.2) is 75.1 Å². The smallest absolute Gasteiger partial charge is 0.326 e. The maximum Gasteiger partial charge on any atom is 0.326 e. The van der Waals surface area contributed by atoms with Crippen molar-refractivity contribution in [3.63, 3.8) is 0 Å². The van der Waals surface area contributed by atoms with Crippen molar-refractivity contribution in [2.75, 3.05) is 0 Å². The Balaban J connectivity index is 3.10. The number of carbonyl (C=O) groups excluding carboxylic acids is 4. The van der Waals surface area contributed by atoms with E-state index < -0.39 is 72.1 Å². The Labute approximate surface area is 212 Å². The molecule has 0 saturated carbocycles. The molecular formula is C23H33N5O9. The van der Waals surface area contributed by atoms with Crippen molar-refractivity contribution < 1.29 is 44.1 Å². The van der Waals surface area contributed by atoms with Gasteiger partial charge in [0.05, 0.1) is 12.5 Å². The Morgan fingerprint density at radius 1 is 0.865 bits per heavy atom. The van der Waals surface area contributed by atoms with Crippen LogP contribution in [0.5, 0.6) is 5.75 Å². The van der Waals surface area contributed by atoms with E-state index in [-0.39, 0.29) is 25.0 Å². The summed E-state index contributed by atoms with van der Waals surface area (Å²) in [6.07, 6.45) is -1.15. The van der Waals surface area contributed by atoms with Gasteiger partial charge in [0, 0.05) is 12.8 Å². The number of carboxylic acid groups (broad SMARTS) is 2. The molecule has 0 radical (unpaired) electrons. The molecule has 37 heavy (non-hydrogen) atoms. The van der Waals surface area contributed by atoms with Crippen molar-refractivity contribution in [3.05, 3.63) is 29.8 Å². The number of benzene rings is 1. The van der Waals surface area contributed by atoms with E-state index in [1.165, 1.54) is 24.3 Å². The van der Waals surface area contributed by atoms with Gasteiger partial charge in [0.2, 0.25) is 23.6 Å². The molecular weight excluding hydrogens is 490 g/mol. The molecule has 1 aromatic rings. The second kappa shape index (κ2) is 14.4. The zero-order valence-electron chi connectivity index (χ0n) is 20.5. The van der Waals surface area contributed by atoms with Gasteiger partial charge in [-0.1, -0.05) is 26.0 Å². The van der Waals surface area contributed by atoms with Crippen LogP contribution in [0.4, 0.5) is 0 Å². The predicted octanol–water partition coefficient (Wildman–Crippen LogP) is -1.80. The van der Waals surface area contributed by atoms with Crippen LogP contribution in [0.1, 0.15) is 38.7 Å². The van der Waals surface area contributed by atoms with E-state index in [0.717, 1.165) is 0 Å². The van der Waals surface area contributed by atoms with Crippen LogP contribution in [0.15, 0.2) is 24.3 Å². The first kappa shape index (κ1) is 30.8. The van der Waals surface area contributed by atoms with Crippen LogP contribution < -0.4 is 27.4 Å². The molecule has 1 aromatic carbocycles. The van der Waals surface area contributed by atoms with Crippen molar-refractivity contribution >= 4 is 35.6 Å². The topological polar surface area (TPSA) is 251 Å². The maximum absolute atomic E-state index is 13.2. The lowest BCUT2D eigenvalue weighted by molar-refractivity contribution is -0.147. The Bertz CT molecular complexity index is 997. The molecule has 0 aliphatic heterocycles. The Morgan fingerprint density at radius 3 is 1.92 bits per heavy atom. The van der Waals surface area contributed by atoms with Crippen molar-refractivity contribution in [1.82, 2.24) is 16.0 Å². The maximum atomic E-state index is 13.2. The summed E-state index contributed by atoms with van der Waals surface area (Å²) < 4.78 is 0. The lowest BCUT2D eigenvalue weighted by Crippen LogP contribution is -2.59. The van der Waals surface area contributed by atoms with Crippen LogP contribution in [0.2, 0.25) is 0 Å². The Hall–Kier alpha value is -4.20. The molecule has 14 nitrogen and oxygen atoms in total. The number of aromatic hydroxyl groups is 1. The molecule has 4 atom stereocenters. The van der Waals surface area contributed by atoms with Crippen molar-refractivity contribution in [2.45, 2.75) is 63.7 Å². The number of phenols is 1. The molecule has 1 rings (SSSR count). The average Bonchev–Trinajstić information content (AvgIpc) is 2.80. The molecule has 4 amide bonds. The van der Waals surface area contributed by atoms with Crippen LogP contribution in [0, 0.1) is 5.92 Å². The van der Waals surface area contributed by atoms with Gasteiger partial charge in [0.15, 0.2) is 0 Å². The largest absolute Gasteiger partial charge is 0.508 e. The molecule has 4 unspecified atom stereocenters. The molecule has 10 N–H and O–H groups in total. The number of primary amides is 1. The number of carboxylic acids is 2. The quantitative estimate of drug-likeness (QED) is 0.128. The van der Waals surface area contributed by atoms with E-state index in [1.807, 2.05) is 0 Å². The highest BCUT2D eigenvalue weighted by Crippen LogP contribution is 2.13. The van der Waals surface area contributed by atoms with Gasteiger partial charge >= 0.3 is 11.9 Å². The van der Waals surface area contributed by atoms with Crippen LogP contribution in [-0.2, 0) is 35.2 Å². The third-order valence-electron chi connectivity index (χ3n) is 5.29. The first-order valence-electron chi connectivity index (χ1n) is 11.4. The first-order valence-corrected chi connectivity index (χ1v) is 11.4. The van der Waals surface area contributed by atoms with E-state index in [4.69, 9.17) is 16.6 Å². The van der Waals surface area contributed by atoms with Crippen molar-refractivity contribution in [2.24, 2.45) is 17.4 Å². The number of nitrogens with two attached hydrogens (primary N) is 2. The zero-order chi connectivity index (χ0) is 28.3. The first-order chi connectivity index (χ1) is 17.2. The number of carbonyl (C=O) groups is 6. The van der Waals surface area contributed by atoms with E-state index in [0.29, 0.717) is 5.56 Å². The molecule has 0 aliphatic carbocycles. The van der Waals surface area contributed by atoms with Gasteiger partial charge in [-0.15, -0.1) is 0 Å². The lowest BCUT2D eigenvalue weighted by Gasteiger charge is -2.27. The molecule has 14 heteroatoms. The number of aliphatic carboxylic acids is 2. The number of hydrogen-bond donors (Lipinski definition) is 8. The summed E-state index contributed by atoms with van der Waals surface area (Å²) in [5.41, 5.74) is 11.4. The summed E-state index contributed by atoms with van der Waals surface area (Å²) in [6.45, 7) is 3.15. The number of rotatable bonds is 15. The monoisotopic (exact) mass is 523 g/mol. The highest BCUT2D eigenvalue weighted by molar-refractivity contribution is 5.95. The van der Waals surface area contributed by atoms with Gasteiger partial charge in [0.1, 0.15) is 23.9 Å². The van der Waals surface area contributed by atoms with Gasteiger partial charge < -0.3 is 42.7 Å². The van der Waals surface area contributed by atoms with E-state index in [1.54, 1.807) is 13.8 Å². The number of nitrogens with one attached hydrogen (secondary N) is 3. The lowest BCUT2D eigenvalue weighted by atomic mass is 10.00. The van der Waals surface area contributed by atoms with Gasteiger partial charge in [0.25, 0.3) is 0 Å². The van der Waals surface area contributed by atoms with Crippen molar-refractivity contribution in [1.29, 1.82) is 0 Å². The summed E-state index contributed by atoms with van der Waals surface area (Å²) in [5.74, 6) is -6.71. The minimum Gasteiger partial charge on any atom is -0.508 e. The molecule has 0 heterocycles. The third-order valence-corrected chi connectivity index (χ3v) is 5.29. The second-order valence-electron chi connectivity index (χ2n) is 8.77. The van der Waals surface area contributed by atoms with Gasteiger partial charge in [-0.3, -0.25) is 24.0 Å². The number of amides is 4. The van der Waals surface area contributed by atoms with Crippen LogP contribution in [0.3, 0.4) is 0 Å². The second-order valence-corrected chi connectivity index (χ2v) is 8.77. The third kappa shape index (κ3) is 10.9. The SMILES string of the molecule is CC(C)C(NC(=O)C(Cc1ccc(O)cc1)NC(=O)C(N)CCC(N)=O)C(=O)NC(CC(=O)O)C(=O)O. The zero-order valence-corrected chi connectivity index (χ0v) is 20.5. The van der Waals surface area contributed by atoms with E-state index in [2.05, 4.69) is 16.0 Å². The molecule has 204 valence electrons. The summed E-state index contributed by atoms with van der Waals surface area (Å²) in [7, 11) is 0. The molecule has 0 bridgehead atoms. The van der Waals surface area contributed by atoms with Gasteiger partial charge in [-0.2, -0.15) is 0 Å². The highest BCUT2D eigenvalue weighted by Gasteiger charge is 2.32. The minimum absolute atomic E-state index is 0.0202. The number of phenolic OH excluding ortho intramolecular Hbond substituents is 1. The predicted molar refractivity (Wildman–Crippen MR) is 129 cm³/mol. The summed E-state index contributed by atoms with van der Waals surface area (Å²) in [5, 5.41) is 34.6. The molecule has 0 spiro atoms. The Kier molecular flexibility index (Phi) is 12.0. The molecule has 0 aliphatic rings. The van der Waals surface area contributed by atoms with Gasteiger partial charge in [-0.25, -0.2) is 4.79 Å². The summed E-state index contributed by atoms with van der Waals surface area (Å²) in [4.78, 5) is 71.8. The standard InChI is InChI=1S/C23H33N5O9/c1-11(2)19(22(35)27-16(23(36)37)10-18(31)32)28-21(34)15(9-12-3-5-13(29)6-4-12)26-20(33)14(24)7-8-17(25)30/h3-6,11,14-16,19,29H,7-10,24H2,1-2H3,(H2,25,30)(H,26,33)(H,27,35)(H,28,34)(H,31,32)(H,36,37). The number of hydrogen-bond acceptors (Lipinski definition) is 8. The van der Waals surface area contributed by atoms with Crippen LogP contribution in [0.25, 0.3) is 0 Å². The summed E-state index contributed by atoms with van der Waals surface area (Å²) >= 11 is 0. The van der Waals surface area contributed by atoms with Gasteiger partial charge in [-0.05, 0) is 30.0 Å². The average molecular weight is 524 g/mol. The van der Waals surface area contributed by atoms with E-state index >= 15 is 0 Å². The highest BCUT2D eigenvalue weighted by atomic mass is 16.4. The fraction of sp³-hybridized carbons (Fsp3) is 0.478. The molecule has 0 fully saturated rings. The van der Waals surface area contributed by atoms with Crippen molar-refractivity contribution in [3.8, 4) is 5.75 Å². The van der Waals surface area contributed by atoms with Crippen LogP contribution >= 0.6 is 0 Å². The Morgan fingerprint density at radius 2 is 1.43 bits per heavy atom. The fourth-order valence-corrected chi connectivity index (χ4v) is 3.21. The molecule has 0 saturated heterocycles. The van der Waals surface area contributed by atoms with E-state index in [9.17, 15) is 39.0 Å².